The van der Waals surface area contributed by atoms with Crippen molar-refractivity contribution in [3.63, 3.8) is 0 Å². The molecular weight excluding hydrogens is 1020 g/mol. The van der Waals surface area contributed by atoms with Gasteiger partial charge in [-0.3, -0.25) is 0 Å². The molecule has 0 radical (unpaired) electrons. The summed E-state index contributed by atoms with van der Waals surface area (Å²) in [5, 5.41) is 0. The Morgan fingerprint density at radius 3 is 0.946 bits per heavy atom. The van der Waals surface area contributed by atoms with Crippen molar-refractivity contribution in [1.29, 1.82) is 0 Å². The van der Waals surface area contributed by atoms with Gasteiger partial charge >= 0.3 is 83.1 Å². The molecule has 0 aromatic carbocycles. The fraction of sp³-hybridized carbons (Fsp3) is 1.00. The third-order valence-corrected chi connectivity index (χ3v) is 13.7. The van der Waals surface area contributed by atoms with Gasteiger partial charge < -0.3 is 55.1 Å². The molecule has 8 fully saturated rings. The molecule has 8 aliphatic rings. The van der Waals surface area contributed by atoms with Gasteiger partial charge in [-0.05, 0) is 79.1 Å². The van der Waals surface area contributed by atoms with Gasteiger partial charge in [0.1, 0.15) is 6.23 Å². The molecule has 0 spiro atoms. The van der Waals surface area contributed by atoms with Crippen LogP contribution in [0.3, 0.4) is 0 Å². The van der Waals surface area contributed by atoms with E-state index in [1.165, 1.54) is 51.4 Å². The Morgan fingerprint density at radius 1 is 0.464 bits per heavy atom. The van der Waals surface area contributed by atoms with Crippen LogP contribution in [-0.2, 0) is 77.9 Å². The predicted octanol–water partition coefficient (Wildman–Crippen LogP) is 11.4. The Bertz CT molecular complexity index is 703. The second kappa shape index (κ2) is 40.5. The summed E-state index contributed by atoms with van der Waals surface area (Å²) in [6.07, 6.45) is 10.2. The average molecular weight is 1080 g/mol. The molecule has 0 aromatic rings. The second-order valence-corrected chi connectivity index (χ2v) is 30.1. The Labute approximate surface area is 375 Å². The van der Waals surface area contributed by atoms with Crippen LogP contribution < -0.4 is 0 Å². The summed E-state index contributed by atoms with van der Waals surface area (Å²) >= 11 is -3.25. The minimum absolute atomic E-state index is 0.00227. The molecule has 8 saturated heterocycles. The van der Waals surface area contributed by atoms with Crippen molar-refractivity contribution in [1.82, 2.24) is 9.11 Å². The number of halogens is 6. The van der Waals surface area contributed by atoms with Gasteiger partial charge in [0.15, 0.2) is 9.03 Å². The molecule has 2 unspecified atom stereocenters. The SMILES string of the molecule is C1CCOC1.C1CCOC1.C1CCOC1.C1CCOC1.CC(C)N(C1COPO1)P1OCCO1.CC(C)N(P1OCCO1)P1OCCO1.[Cl][Cr]([Cl])[Cl].[Cl][Cr]([Cl])[Cl]. The maximum absolute atomic E-state index is 5.52. The van der Waals surface area contributed by atoms with Gasteiger partial charge in [0, 0.05) is 64.9 Å². The Hall–Kier alpha value is 3.96. The molecule has 338 valence electrons. The minimum atomic E-state index is -1.62. The zero-order valence-electron chi connectivity index (χ0n) is 32.7. The van der Waals surface area contributed by atoms with E-state index in [0.29, 0.717) is 58.3 Å². The monoisotopic (exact) mass is 1080 g/mol. The predicted molar refractivity (Wildman–Crippen MR) is 225 cm³/mol. The molecule has 0 aliphatic carbocycles. The summed E-state index contributed by atoms with van der Waals surface area (Å²) < 4.78 is 67.8. The molecule has 2 atom stereocenters. The quantitative estimate of drug-likeness (QED) is 0.235. The van der Waals surface area contributed by atoms with Crippen LogP contribution in [0.25, 0.3) is 0 Å². The fourth-order valence-electron chi connectivity index (χ4n) is 4.64. The molecule has 8 heterocycles. The van der Waals surface area contributed by atoms with Gasteiger partial charge in [-0.15, -0.1) is 0 Å². The molecule has 0 aromatic heterocycles. The van der Waals surface area contributed by atoms with Crippen molar-refractivity contribution in [3.05, 3.63) is 0 Å². The van der Waals surface area contributed by atoms with Crippen molar-refractivity contribution in [3.8, 4) is 0 Å². The fourth-order valence-corrected chi connectivity index (χ4v) is 10.2. The molecule has 0 N–H and O–H groups in total. The summed E-state index contributed by atoms with van der Waals surface area (Å²) in [4.78, 5) is 0. The van der Waals surface area contributed by atoms with E-state index in [1.807, 2.05) is 0 Å². The normalized spacial score (nSPS) is 24.1. The van der Waals surface area contributed by atoms with Crippen molar-refractivity contribution < 1.29 is 77.9 Å². The first-order valence-electron chi connectivity index (χ1n) is 18.6. The van der Waals surface area contributed by atoms with Crippen molar-refractivity contribution in [2.24, 2.45) is 0 Å². The van der Waals surface area contributed by atoms with Crippen LogP contribution in [-0.4, -0.2) is 127 Å². The van der Waals surface area contributed by atoms with E-state index in [1.54, 1.807) is 0 Å². The Morgan fingerprint density at radius 2 is 0.750 bits per heavy atom. The van der Waals surface area contributed by atoms with Crippen molar-refractivity contribution in [2.75, 3.05) is 99.1 Å². The van der Waals surface area contributed by atoms with E-state index in [9.17, 15) is 0 Å². The average Bonchev–Trinajstić information content (AvgIpc) is 4.00. The third kappa shape index (κ3) is 32.6. The summed E-state index contributed by atoms with van der Waals surface area (Å²) in [7, 11) is 26.9. The van der Waals surface area contributed by atoms with E-state index in [0.717, 1.165) is 52.9 Å². The van der Waals surface area contributed by atoms with Gasteiger partial charge in [0.25, 0.3) is 25.6 Å². The van der Waals surface area contributed by atoms with Crippen LogP contribution in [0.2, 0.25) is 0 Å². The Kier molecular flexibility index (Phi) is 41.9. The molecule has 0 amide bonds. The van der Waals surface area contributed by atoms with Crippen molar-refractivity contribution >= 4 is 94.9 Å². The molecule has 14 nitrogen and oxygen atoms in total. The molecular formula is C30H62Cl6Cr2N2O12P4. The molecule has 8 rings (SSSR count). The number of nitrogens with zero attached hydrogens (tertiary/aromatic N) is 2. The number of hydrogen-bond acceptors (Lipinski definition) is 14. The van der Waals surface area contributed by atoms with Crippen LogP contribution in [0.1, 0.15) is 79.1 Å². The number of ether oxygens (including phenoxy) is 4. The van der Waals surface area contributed by atoms with Gasteiger partial charge in [0.2, 0.25) is 0 Å². The van der Waals surface area contributed by atoms with Gasteiger partial charge in [0.05, 0.1) is 46.2 Å². The molecule has 26 heteroatoms. The van der Waals surface area contributed by atoms with Gasteiger partial charge in [-0.25, -0.2) is 4.67 Å². The molecule has 56 heavy (non-hydrogen) atoms. The maximum atomic E-state index is 5.52. The van der Waals surface area contributed by atoms with Crippen LogP contribution in [0, 0.1) is 0 Å². The van der Waals surface area contributed by atoms with Crippen LogP contribution in [0.15, 0.2) is 0 Å². The molecule has 8 aliphatic heterocycles. The van der Waals surface area contributed by atoms with E-state index >= 15 is 0 Å². The van der Waals surface area contributed by atoms with E-state index in [2.05, 4.69) is 36.8 Å². The van der Waals surface area contributed by atoms with Crippen molar-refractivity contribution in [2.45, 2.75) is 97.4 Å². The zero-order valence-corrected chi connectivity index (χ0v) is 43.5. The van der Waals surface area contributed by atoms with Gasteiger partial charge in [-0.2, -0.15) is 4.44 Å². The van der Waals surface area contributed by atoms with E-state index < -0.39 is 48.3 Å². The van der Waals surface area contributed by atoms with Gasteiger partial charge in [-0.1, -0.05) is 0 Å². The molecule has 0 bridgehead atoms. The summed E-state index contributed by atoms with van der Waals surface area (Å²) in [5.74, 6) is 0. The Balaban J connectivity index is 0.000000342. The summed E-state index contributed by atoms with van der Waals surface area (Å²) in [6.45, 7) is 21.1. The summed E-state index contributed by atoms with van der Waals surface area (Å²) in [6, 6.07) is 0.666. The number of rotatable bonds is 6. The first-order valence-corrected chi connectivity index (χ1v) is 33.3. The third-order valence-electron chi connectivity index (χ3n) is 7.05. The van der Waals surface area contributed by atoms with Crippen LogP contribution in [0.5, 0.6) is 0 Å². The van der Waals surface area contributed by atoms with Crippen LogP contribution in [0.4, 0.5) is 0 Å². The number of hydrogen-bond donors (Lipinski definition) is 0. The van der Waals surface area contributed by atoms with E-state index in [-0.39, 0.29) is 15.3 Å². The van der Waals surface area contributed by atoms with E-state index in [4.69, 9.17) is 115 Å². The standard InChI is InChI=1S/2C7H15NO4P2.4C4H8O.6ClH.2Cr/c1-7(2)8(13-9-3-4-10-13)14-11-5-6-12-14;1-6(2)8(7-5-9-13-12-7)14-10-3-4-11-14;4*1-2-4-5-3-1;;;;;;;;/h7H,3-6H2,1-2H3;6-7,13H,3-5H2,1-2H3;4*1-4H2;6*1H;;/q;;;;;;;;;;;;2*+3/p-6. The zero-order chi connectivity index (χ0) is 41.2. The second-order valence-electron chi connectivity index (χ2n) is 12.2. The first-order chi connectivity index (χ1) is 27.0. The first kappa shape index (κ1) is 58.0. The topological polar surface area (TPSA) is 117 Å². The van der Waals surface area contributed by atoms with Crippen LogP contribution >= 0.6 is 94.9 Å². The summed E-state index contributed by atoms with van der Waals surface area (Å²) in [5.41, 5.74) is 0. The molecule has 0 saturated carbocycles.